The SMILES string of the molecule is O=C(NC1CCCCC1Br)c1ccon1. The van der Waals surface area contributed by atoms with Gasteiger partial charge in [-0.2, -0.15) is 0 Å². The van der Waals surface area contributed by atoms with Gasteiger partial charge in [-0.25, -0.2) is 0 Å². The largest absolute Gasteiger partial charge is 0.364 e. The Kier molecular flexibility index (Phi) is 3.41. The minimum absolute atomic E-state index is 0.153. The van der Waals surface area contributed by atoms with Crippen LogP contribution in [0.5, 0.6) is 0 Å². The van der Waals surface area contributed by atoms with Crippen molar-refractivity contribution in [3.05, 3.63) is 18.0 Å². The molecule has 0 radical (unpaired) electrons. The van der Waals surface area contributed by atoms with Gasteiger partial charge in [0.15, 0.2) is 5.69 Å². The Bertz CT molecular complexity index is 326. The molecule has 2 unspecified atom stereocenters. The maximum Gasteiger partial charge on any atom is 0.273 e. The summed E-state index contributed by atoms with van der Waals surface area (Å²) >= 11 is 3.59. The van der Waals surface area contributed by atoms with E-state index in [2.05, 4.69) is 30.9 Å². The fourth-order valence-electron chi connectivity index (χ4n) is 1.82. The molecule has 1 aromatic rings. The summed E-state index contributed by atoms with van der Waals surface area (Å²) in [5.41, 5.74) is 0.347. The van der Waals surface area contributed by atoms with Crippen molar-refractivity contribution < 1.29 is 9.32 Å². The van der Waals surface area contributed by atoms with E-state index in [4.69, 9.17) is 0 Å². The second-order valence-electron chi connectivity index (χ2n) is 3.77. The molecule has 1 fully saturated rings. The van der Waals surface area contributed by atoms with E-state index in [1.807, 2.05) is 0 Å². The summed E-state index contributed by atoms with van der Waals surface area (Å²) in [5, 5.41) is 6.57. The Morgan fingerprint density at radius 3 is 3.00 bits per heavy atom. The number of rotatable bonds is 2. The first-order chi connectivity index (χ1) is 7.27. The van der Waals surface area contributed by atoms with Crippen molar-refractivity contribution in [3.63, 3.8) is 0 Å². The van der Waals surface area contributed by atoms with E-state index in [0.717, 1.165) is 12.8 Å². The van der Waals surface area contributed by atoms with E-state index < -0.39 is 0 Å². The minimum atomic E-state index is -0.153. The fourth-order valence-corrected chi connectivity index (χ4v) is 2.54. The average Bonchev–Trinajstić information content (AvgIpc) is 2.74. The number of amides is 1. The van der Waals surface area contributed by atoms with Crippen LogP contribution in [0.3, 0.4) is 0 Å². The summed E-state index contributed by atoms with van der Waals surface area (Å²) in [7, 11) is 0. The van der Waals surface area contributed by atoms with Gasteiger partial charge in [-0.15, -0.1) is 0 Å². The predicted molar refractivity (Wildman–Crippen MR) is 58.9 cm³/mol. The van der Waals surface area contributed by atoms with E-state index in [1.165, 1.54) is 19.1 Å². The van der Waals surface area contributed by atoms with Crippen LogP contribution in [0.15, 0.2) is 16.9 Å². The van der Waals surface area contributed by atoms with Crippen molar-refractivity contribution >= 4 is 21.8 Å². The number of hydrogen-bond donors (Lipinski definition) is 1. The zero-order valence-electron chi connectivity index (χ0n) is 8.28. The number of carbonyl (C=O) groups is 1. The highest BCUT2D eigenvalue weighted by atomic mass is 79.9. The van der Waals surface area contributed by atoms with E-state index in [9.17, 15) is 4.79 Å². The first-order valence-corrected chi connectivity index (χ1v) is 6.04. The Hall–Kier alpha value is -0.840. The number of nitrogens with zero attached hydrogens (tertiary/aromatic N) is 1. The van der Waals surface area contributed by atoms with Crippen LogP contribution in [0, 0.1) is 0 Å². The highest BCUT2D eigenvalue weighted by molar-refractivity contribution is 9.09. The Morgan fingerprint density at radius 2 is 2.33 bits per heavy atom. The van der Waals surface area contributed by atoms with Gasteiger partial charge in [0.25, 0.3) is 5.91 Å². The lowest BCUT2D eigenvalue weighted by molar-refractivity contribution is 0.0920. The molecule has 0 bridgehead atoms. The summed E-state index contributed by atoms with van der Waals surface area (Å²) in [5.74, 6) is -0.153. The molecule has 0 saturated heterocycles. The lowest BCUT2D eigenvalue weighted by Gasteiger charge is -2.27. The Balaban J connectivity index is 1.93. The summed E-state index contributed by atoms with van der Waals surface area (Å²) in [6.07, 6.45) is 5.95. The van der Waals surface area contributed by atoms with Crippen LogP contribution in [-0.4, -0.2) is 21.9 Å². The van der Waals surface area contributed by atoms with Crippen molar-refractivity contribution in [3.8, 4) is 0 Å². The molecule has 1 saturated carbocycles. The summed E-state index contributed by atoms with van der Waals surface area (Å²) in [6, 6.07) is 1.78. The Morgan fingerprint density at radius 1 is 1.53 bits per heavy atom. The minimum Gasteiger partial charge on any atom is -0.364 e. The molecule has 1 aliphatic carbocycles. The zero-order valence-corrected chi connectivity index (χ0v) is 9.87. The predicted octanol–water partition coefficient (Wildman–Crippen LogP) is 2.11. The molecule has 1 amide bonds. The van der Waals surface area contributed by atoms with E-state index in [0.29, 0.717) is 10.5 Å². The van der Waals surface area contributed by atoms with Gasteiger partial charge in [0.05, 0.1) is 0 Å². The number of carbonyl (C=O) groups excluding carboxylic acids is 1. The summed E-state index contributed by atoms with van der Waals surface area (Å²) in [6.45, 7) is 0. The summed E-state index contributed by atoms with van der Waals surface area (Å²) < 4.78 is 4.63. The van der Waals surface area contributed by atoms with Crippen molar-refractivity contribution in [2.45, 2.75) is 36.6 Å². The van der Waals surface area contributed by atoms with Gasteiger partial charge in [-0.1, -0.05) is 33.9 Å². The molecule has 5 heteroatoms. The maximum absolute atomic E-state index is 11.7. The van der Waals surface area contributed by atoms with Crippen molar-refractivity contribution in [1.82, 2.24) is 10.5 Å². The number of halogens is 1. The highest BCUT2D eigenvalue weighted by Gasteiger charge is 2.25. The fraction of sp³-hybridized carbons (Fsp3) is 0.600. The quantitative estimate of drug-likeness (QED) is 0.839. The molecule has 0 aromatic carbocycles. The van der Waals surface area contributed by atoms with Gasteiger partial charge < -0.3 is 9.84 Å². The molecule has 0 aliphatic heterocycles. The number of aromatic nitrogens is 1. The molecule has 2 atom stereocenters. The molecular weight excluding hydrogens is 260 g/mol. The molecule has 4 nitrogen and oxygen atoms in total. The monoisotopic (exact) mass is 272 g/mol. The number of nitrogens with one attached hydrogen (secondary N) is 1. The van der Waals surface area contributed by atoms with Crippen LogP contribution < -0.4 is 5.32 Å². The molecule has 1 N–H and O–H groups in total. The third-order valence-electron chi connectivity index (χ3n) is 2.67. The normalized spacial score (nSPS) is 26.2. The Labute approximate surface area is 96.5 Å². The molecule has 1 aromatic heterocycles. The molecule has 1 heterocycles. The average molecular weight is 273 g/mol. The van der Waals surface area contributed by atoms with Gasteiger partial charge in [-0.3, -0.25) is 4.79 Å². The third kappa shape index (κ3) is 2.59. The van der Waals surface area contributed by atoms with Crippen LogP contribution in [0.2, 0.25) is 0 Å². The molecular formula is C10H13BrN2O2. The van der Waals surface area contributed by atoms with Crippen LogP contribution in [-0.2, 0) is 0 Å². The number of alkyl halides is 1. The molecule has 82 valence electrons. The first-order valence-electron chi connectivity index (χ1n) is 5.12. The zero-order chi connectivity index (χ0) is 10.7. The van der Waals surface area contributed by atoms with Crippen LogP contribution in [0.1, 0.15) is 36.2 Å². The smallest absolute Gasteiger partial charge is 0.273 e. The van der Waals surface area contributed by atoms with Crippen LogP contribution in [0.25, 0.3) is 0 Å². The van der Waals surface area contributed by atoms with E-state index in [1.54, 1.807) is 6.07 Å². The lowest BCUT2D eigenvalue weighted by atomic mass is 9.95. The standard InChI is InChI=1S/C10H13BrN2O2/c11-7-3-1-2-4-8(7)12-10(14)9-5-6-15-13-9/h5-8H,1-4H2,(H,12,14). The molecule has 2 rings (SSSR count). The maximum atomic E-state index is 11.7. The van der Waals surface area contributed by atoms with Gasteiger partial charge in [0, 0.05) is 16.9 Å². The first kappa shape index (κ1) is 10.7. The van der Waals surface area contributed by atoms with Crippen molar-refractivity contribution in [2.75, 3.05) is 0 Å². The lowest BCUT2D eigenvalue weighted by Crippen LogP contribution is -2.42. The van der Waals surface area contributed by atoms with Crippen molar-refractivity contribution in [2.24, 2.45) is 0 Å². The van der Waals surface area contributed by atoms with Gasteiger partial charge >= 0.3 is 0 Å². The number of hydrogen-bond acceptors (Lipinski definition) is 3. The summed E-state index contributed by atoms with van der Waals surface area (Å²) in [4.78, 5) is 12.0. The topological polar surface area (TPSA) is 55.1 Å². The van der Waals surface area contributed by atoms with Crippen molar-refractivity contribution in [1.29, 1.82) is 0 Å². The highest BCUT2D eigenvalue weighted by Crippen LogP contribution is 2.24. The van der Waals surface area contributed by atoms with Gasteiger partial charge in [-0.05, 0) is 12.8 Å². The second kappa shape index (κ2) is 4.79. The third-order valence-corrected chi connectivity index (χ3v) is 3.76. The molecule has 1 aliphatic rings. The van der Waals surface area contributed by atoms with Crippen LogP contribution >= 0.6 is 15.9 Å². The second-order valence-corrected chi connectivity index (χ2v) is 4.94. The van der Waals surface area contributed by atoms with Gasteiger partial charge in [0.2, 0.25) is 0 Å². The van der Waals surface area contributed by atoms with E-state index in [-0.39, 0.29) is 11.9 Å². The van der Waals surface area contributed by atoms with Gasteiger partial charge in [0.1, 0.15) is 6.26 Å². The van der Waals surface area contributed by atoms with E-state index >= 15 is 0 Å². The molecule has 0 spiro atoms. The van der Waals surface area contributed by atoms with Crippen LogP contribution in [0.4, 0.5) is 0 Å². The molecule has 15 heavy (non-hydrogen) atoms.